The lowest BCUT2D eigenvalue weighted by atomic mass is 10.1. The summed E-state index contributed by atoms with van der Waals surface area (Å²) in [6, 6.07) is 2.05. The van der Waals surface area contributed by atoms with E-state index in [1.165, 1.54) is 19.3 Å². The van der Waals surface area contributed by atoms with Gasteiger partial charge in [-0.2, -0.15) is 0 Å². The molecule has 0 heterocycles. The number of halogens is 1. The normalized spacial score (nSPS) is 10.7. The van der Waals surface area contributed by atoms with Gasteiger partial charge in [0.1, 0.15) is 0 Å². The van der Waals surface area contributed by atoms with Crippen LogP contribution in [0.1, 0.15) is 5.56 Å². The Morgan fingerprint density at radius 1 is 1.62 bits per heavy atom. The van der Waals surface area contributed by atoms with E-state index in [0.29, 0.717) is 5.56 Å². The van der Waals surface area contributed by atoms with Crippen LogP contribution in [0.15, 0.2) is 18.2 Å². The van der Waals surface area contributed by atoms with Gasteiger partial charge in [0.05, 0.1) is 18.1 Å². The van der Waals surface area contributed by atoms with Crippen LogP contribution in [0.3, 0.4) is 0 Å². The standard InChI is InChI=1S/C10H11FN2O3/c1-16-10-7(3-2-4-12)5-8(13(14)15)6-9(10)11/h2-3,5-6H,4,12H2,1H3/b3-2+. The number of non-ortho nitro benzene ring substituents is 1. The van der Waals surface area contributed by atoms with E-state index in [0.717, 1.165) is 6.07 Å². The predicted molar refractivity (Wildman–Crippen MR) is 57.7 cm³/mol. The van der Waals surface area contributed by atoms with E-state index < -0.39 is 10.7 Å². The van der Waals surface area contributed by atoms with Crippen molar-refractivity contribution in [3.8, 4) is 5.75 Å². The number of hydrogen-bond acceptors (Lipinski definition) is 4. The number of rotatable bonds is 4. The lowest BCUT2D eigenvalue weighted by molar-refractivity contribution is -0.385. The Labute approximate surface area is 91.5 Å². The van der Waals surface area contributed by atoms with E-state index in [-0.39, 0.29) is 18.0 Å². The predicted octanol–water partition coefficient (Wildman–Crippen LogP) is 1.71. The molecule has 1 rings (SSSR count). The maximum Gasteiger partial charge on any atom is 0.273 e. The molecule has 0 saturated carbocycles. The summed E-state index contributed by atoms with van der Waals surface area (Å²) in [4.78, 5) is 9.86. The van der Waals surface area contributed by atoms with Crippen molar-refractivity contribution in [2.45, 2.75) is 0 Å². The third-order valence-electron chi connectivity index (χ3n) is 1.91. The van der Waals surface area contributed by atoms with Crippen molar-refractivity contribution in [2.24, 2.45) is 5.73 Å². The number of nitrogens with zero attached hydrogens (tertiary/aromatic N) is 1. The van der Waals surface area contributed by atoms with Gasteiger partial charge in [0.15, 0.2) is 11.6 Å². The number of nitro benzene ring substituents is 1. The molecule has 0 fully saturated rings. The van der Waals surface area contributed by atoms with E-state index in [4.69, 9.17) is 10.5 Å². The van der Waals surface area contributed by atoms with Crippen molar-refractivity contribution in [3.05, 3.63) is 39.7 Å². The summed E-state index contributed by atoms with van der Waals surface area (Å²) >= 11 is 0. The van der Waals surface area contributed by atoms with Gasteiger partial charge in [-0.25, -0.2) is 4.39 Å². The van der Waals surface area contributed by atoms with Crippen LogP contribution in [0.5, 0.6) is 5.75 Å². The van der Waals surface area contributed by atoms with Gasteiger partial charge < -0.3 is 10.5 Å². The molecule has 0 spiro atoms. The minimum absolute atomic E-state index is 0.0321. The topological polar surface area (TPSA) is 78.4 Å². The summed E-state index contributed by atoms with van der Waals surface area (Å²) in [5.41, 5.74) is 5.22. The largest absolute Gasteiger partial charge is 0.493 e. The Morgan fingerprint density at radius 2 is 2.31 bits per heavy atom. The molecule has 16 heavy (non-hydrogen) atoms. The molecule has 1 aromatic rings. The fourth-order valence-electron chi connectivity index (χ4n) is 1.24. The highest BCUT2D eigenvalue weighted by Crippen LogP contribution is 2.28. The molecule has 0 bridgehead atoms. The zero-order valence-electron chi connectivity index (χ0n) is 8.64. The molecule has 0 aromatic heterocycles. The minimum atomic E-state index is -0.770. The van der Waals surface area contributed by atoms with Crippen LogP contribution in [0.4, 0.5) is 10.1 Å². The molecular formula is C10H11FN2O3. The number of ether oxygens (including phenoxy) is 1. The Balaban J connectivity index is 3.30. The third kappa shape index (κ3) is 2.54. The molecule has 6 heteroatoms. The maximum absolute atomic E-state index is 13.4. The maximum atomic E-state index is 13.4. The highest BCUT2D eigenvalue weighted by atomic mass is 19.1. The Kier molecular flexibility index (Phi) is 3.96. The molecular weight excluding hydrogens is 215 g/mol. The first-order chi connectivity index (χ1) is 7.60. The average Bonchev–Trinajstić information content (AvgIpc) is 2.25. The van der Waals surface area contributed by atoms with Gasteiger partial charge in [0.2, 0.25) is 0 Å². The van der Waals surface area contributed by atoms with Gasteiger partial charge in [0.25, 0.3) is 5.69 Å². The van der Waals surface area contributed by atoms with Crippen molar-refractivity contribution in [2.75, 3.05) is 13.7 Å². The van der Waals surface area contributed by atoms with Gasteiger partial charge in [-0.15, -0.1) is 0 Å². The van der Waals surface area contributed by atoms with E-state index in [1.54, 1.807) is 6.08 Å². The van der Waals surface area contributed by atoms with Crippen LogP contribution < -0.4 is 10.5 Å². The SMILES string of the molecule is COc1c(F)cc([N+](=O)[O-])cc1/C=C/CN. The Bertz CT molecular complexity index is 432. The first-order valence-corrected chi connectivity index (χ1v) is 4.48. The fraction of sp³-hybridized carbons (Fsp3) is 0.200. The Morgan fingerprint density at radius 3 is 2.81 bits per heavy atom. The van der Waals surface area contributed by atoms with Gasteiger partial charge in [-0.3, -0.25) is 10.1 Å². The molecule has 0 aliphatic rings. The first-order valence-electron chi connectivity index (χ1n) is 4.48. The highest BCUT2D eigenvalue weighted by molar-refractivity contribution is 5.61. The van der Waals surface area contributed by atoms with Crippen LogP contribution in [0.2, 0.25) is 0 Å². The fourth-order valence-corrected chi connectivity index (χ4v) is 1.24. The van der Waals surface area contributed by atoms with Gasteiger partial charge >= 0.3 is 0 Å². The van der Waals surface area contributed by atoms with E-state index in [1.807, 2.05) is 0 Å². The Hall–Kier alpha value is -1.95. The minimum Gasteiger partial charge on any atom is -0.493 e. The quantitative estimate of drug-likeness (QED) is 0.626. The smallest absolute Gasteiger partial charge is 0.273 e. The lowest BCUT2D eigenvalue weighted by Crippen LogP contribution is -1.97. The van der Waals surface area contributed by atoms with E-state index in [2.05, 4.69) is 0 Å². The average molecular weight is 226 g/mol. The monoisotopic (exact) mass is 226 g/mol. The zero-order chi connectivity index (χ0) is 12.1. The number of benzene rings is 1. The highest BCUT2D eigenvalue weighted by Gasteiger charge is 2.15. The molecule has 0 saturated heterocycles. The van der Waals surface area contributed by atoms with Gasteiger partial charge in [-0.1, -0.05) is 12.2 Å². The molecule has 0 aliphatic carbocycles. The van der Waals surface area contributed by atoms with Crippen molar-refractivity contribution in [1.82, 2.24) is 0 Å². The molecule has 5 nitrogen and oxygen atoms in total. The first kappa shape index (κ1) is 12.1. The second-order valence-corrected chi connectivity index (χ2v) is 2.95. The molecule has 86 valence electrons. The number of hydrogen-bond donors (Lipinski definition) is 1. The molecule has 0 amide bonds. The molecule has 0 radical (unpaired) electrons. The molecule has 0 unspecified atom stereocenters. The van der Waals surface area contributed by atoms with Crippen molar-refractivity contribution in [1.29, 1.82) is 0 Å². The van der Waals surface area contributed by atoms with Crippen molar-refractivity contribution < 1.29 is 14.1 Å². The summed E-state index contributed by atoms with van der Waals surface area (Å²) in [5, 5.41) is 10.5. The third-order valence-corrected chi connectivity index (χ3v) is 1.91. The summed E-state index contributed by atoms with van der Waals surface area (Å²) < 4.78 is 18.2. The molecule has 2 N–H and O–H groups in total. The van der Waals surface area contributed by atoms with Crippen LogP contribution >= 0.6 is 0 Å². The van der Waals surface area contributed by atoms with Gasteiger partial charge in [0, 0.05) is 18.2 Å². The van der Waals surface area contributed by atoms with Crippen LogP contribution in [-0.2, 0) is 0 Å². The number of methoxy groups -OCH3 is 1. The summed E-state index contributed by atoms with van der Waals surface area (Å²) in [6.07, 6.45) is 3.04. The van der Waals surface area contributed by atoms with E-state index >= 15 is 0 Å². The van der Waals surface area contributed by atoms with Gasteiger partial charge in [-0.05, 0) is 0 Å². The lowest BCUT2D eigenvalue weighted by Gasteiger charge is -2.05. The molecule has 1 aromatic carbocycles. The van der Waals surface area contributed by atoms with Crippen LogP contribution in [0.25, 0.3) is 6.08 Å². The van der Waals surface area contributed by atoms with E-state index in [9.17, 15) is 14.5 Å². The van der Waals surface area contributed by atoms with Crippen LogP contribution in [-0.4, -0.2) is 18.6 Å². The molecule has 0 aliphatic heterocycles. The molecule has 0 atom stereocenters. The second-order valence-electron chi connectivity index (χ2n) is 2.95. The number of nitrogens with two attached hydrogens (primary N) is 1. The summed E-state index contributed by atoms with van der Waals surface area (Å²) in [6.45, 7) is 0.257. The summed E-state index contributed by atoms with van der Waals surface area (Å²) in [7, 11) is 1.30. The second kappa shape index (κ2) is 5.22. The summed E-state index contributed by atoms with van der Waals surface area (Å²) in [5.74, 6) is -0.802. The van der Waals surface area contributed by atoms with Crippen LogP contribution in [0, 0.1) is 15.9 Å². The van der Waals surface area contributed by atoms with Crippen molar-refractivity contribution >= 4 is 11.8 Å². The zero-order valence-corrected chi connectivity index (χ0v) is 8.64. The van der Waals surface area contributed by atoms with Crippen molar-refractivity contribution in [3.63, 3.8) is 0 Å². The number of nitro groups is 1.